The number of carbonyl (C=O) groups excluding carboxylic acids is 1. The quantitative estimate of drug-likeness (QED) is 0.691. The van der Waals surface area contributed by atoms with Crippen LogP contribution in [0, 0.1) is 13.8 Å². The summed E-state index contributed by atoms with van der Waals surface area (Å²) in [6.45, 7) is 7.73. The number of hydrogen-bond acceptors (Lipinski definition) is 2. The van der Waals surface area contributed by atoms with Gasteiger partial charge in [0.05, 0.1) is 0 Å². The lowest BCUT2D eigenvalue weighted by Gasteiger charge is -2.10. The lowest BCUT2D eigenvalue weighted by atomic mass is 10.1. The van der Waals surface area contributed by atoms with E-state index in [0.29, 0.717) is 6.54 Å². The molecule has 5 heteroatoms. The molecule has 0 aliphatic carbocycles. The maximum atomic E-state index is 12.2. The van der Waals surface area contributed by atoms with E-state index in [9.17, 15) is 4.79 Å². The number of aromatic nitrogens is 2. The Morgan fingerprint density at radius 3 is 2.85 bits per heavy atom. The number of fused-ring (bicyclic) bond motifs is 1. The Balaban J connectivity index is 1.61. The smallest absolute Gasteiger partial charge is 0.319 e. The topological polar surface area (TPSA) is 59.0 Å². The van der Waals surface area contributed by atoms with Gasteiger partial charge >= 0.3 is 6.03 Å². The minimum atomic E-state index is -0.174. The van der Waals surface area contributed by atoms with Crippen molar-refractivity contribution in [1.29, 1.82) is 0 Å². The highest BCUT2D eigenvalue weighted by Gasteiger charge is 2.09. The Morgan fingerprint density at radius 2 is 2.08 bits per heavy atom. The summed E-state index contributed by atoms with van der Waals surface area (Å²) in [6.07, 6.45) is 5.83. The molecular weight excluding hydrogens is 324 g/mol. The number of nitrogens with zero attached hydrogens (tertiary/aromatic N) is 2. The number of aryl methyl sites for hydroxylation is 3. The average molecular weight is 350 g/mol. The van der Waals surface area contributed by atoms with Gasteiger partial charge in [-0.3, -0.25) is 0 Å². The highest BCUT2D eigenvalue weighted by Crippen LogP contribution is 2.20. The molecule has 2 heterocycles. The molecule has 0 saturated heterocycles. The highest BCUT2D eigenvalue weighted by atomic mass is 16.2. The summed E-state index contributed by atoms with van der Waals surface area (Å²) >= 11 is 0. The molecule has 2 aromatic heterocycles. The summed E-state index contributed by atoms with van der Waals surface area (Å²) < 4.78 is 2.19. The lowest BCUT2D eigenvalue weighted by Crippen LogP contribution is -2.30. The van der Waals surface area contributed by atoms with Crippen LogP contribution in [-0.4, -0.2) is 22.1 Å². The maximum Gasteiger partial charge on any atom is 0.319 e. The molecule has 136 valence electrons. The van der Waals surface area contributed by atoms with Gasteiger partial charge in [-0.05, 0) is 56.0 Å². The van der Waals surface area contributed by atoms with Gasteiger partial charge in [0.25, 0.3) is 0 Å². The minimum Gasteiger partial charge on any atom is -0.338 e. The zero-order chi connectivity index (χ0) is 18.5. The fraction of sp³-hybridized carbons (Fsp3) is 0.333. The van der Waals surface area contributed by atoms with Crippen LogP contribution in [0.4, 0.5) is 10.5 Å². The van der Waals surface area contributed by atoms with Crippen molar-refractivity contribution in [2.75, 3.05) is 11.9 Å². The molecule has 2 N–H and O–H groups in total. The summed E-state index contributed by atoms with van der Waals surface area (Å²) in [7, 11) is 0. The van der Waals surface area contributed by atoms with E-state index in [4.69, 9.17) is 0 Å². The second kappa shape index (κ2) is 8.04. The van der Waals surface area contributed by atoms with Crippen LogP contribution in [-0.2, 0) is 13.0 Å². The van der Waals surface area contributed by atoms with Crippen molar-refractivity contribution in [3.8, 4) is 0 Å². The molecule has 0 radical (unpaired) electrons. The van der Waals surface area contributed by atoms with Crippen LogP contribution in [0.2, 0.25) is 0 Å². The van der Waals surface area contributed by atoms with E-state index < -0.39 is 0 Å². The third-order valence-electron chi connectivity index (χ3n) is 4.49. The van der Waals surface area contributed by atoms with Crippen molar-refractivity contribution in [2.24, 2.45) is 0 Å². The van der Waals surface area contributed by atoms with Crippen molar-refractivity contribution in [1.82, 2.24) is 14.9 Å². The SMILES string of the molecule is CCCn1cc(CCNC(=O)Nc2ccc(C)cc2C)c2cccnc21. The molecule has 2 amide bonds. The molecule has 0 aliphatic heterocycles. The van der Waals surface area contributed by atoms with E-state index in [1.165, 1.54) is 11.1 Å². The van der Waals surface area contributed by atoms with Crippen molar-refractivity contribution >= 4 is 22.8 Å². The predicted octanol–water partition coefficient (Wildman–Crippen LogP) is 4.43. The molecule has 3 aromatic rings. The number of rotatable bonds is 6. The van der Waals surface area contributed by atoms with E-state index in [2.05, 4.69) is 45.4 Å². The Hall–Kier alpha value is -2.82. The molecule has 0 fully saturated rings. The molecule has 1 aromatic carbocycles. The summed E-state index contributed by atoms with van der Waals surface area (Å²) in [5.41, 5.74) is 5.33. The Kier molecular flexibility index (Phi) is 5.56. The Labute approximate surface area is 154 Å². The molecular formula is C21H26N4O. The van der Waals surface area contributed by atoms with E-state index in [1.807, 2.05) is 38.2 Å². The first-order chi connectivity index (χ1) is 12.6. The Morgan fingerprint density at radius 1 is 1.23 bits per heavy atom. The average Bonchev–Trinajstić information content (AvgIpc) is 2.96. The molecule has 26 heavy (non-hydrogen) atoms. The van der Waals surface area contributed by atoms with Crippen LogP contribution in [0.1, 0.15) is 30.0 Å². The summed E-state index contributed by atoms with van der Waals surface area (Å²) in [5.74, 6) is 0. The fourth-order valence-electron chi connectivity index (χ4n) is 3.24. The predicted molar refractivity (Wildman–Crippen MR) is 107 cm³/mol. The van der Waals surface area contributed by atoms with Crippen LogP contribution < -0.4 is 10.6 Å². The van der Waals surface area contributed by atoms with Gasteiger partial charge in [0, 0.05) is 36.6 Å². The van der Waals surface area contributed by atoms with Gasteiger partial charge in [-0.1, -0.05) is 24.6 Å². The minimum absolute atomic E-state index is 0.174. The van der Waals surface area contributed by atoms with Gasteiger partial charge in [-0.25, -0.2) is 9.78 Å². The van der Waals surface area contributed by atoms with Gasteiger partial charge in [-0.2, -0.15) is 0 Å². The van der Waals surface area contributed by atoms with Crippen molar-refractivity contribution in [3.05, 3.63) is 59.4 Å². The summed E-state index contributed by atoms with van der Waals surface area (Å²) in [6, 6.07) is 9.88. The first-order valence-corrected chi connectivity index (χ1v) is 9.13. The standard InChI is InChI=1S/C21H26N4O/c1-4-12-25-14-17(18-6-5-10-22-20(18)25)9-11-23-21(26)24-19-8-7-15(2)13-16(19)3/h5-8,10,13-14H,4,9,11-12H2,1-3H3,(H2,23,24,26). The molecule has 5 nitrogen and oxygen atoms in total. The molecule has 0 saturated carbocycles. The van der Waals surface area contributed by atoms with E-state index >= 15 is 0 Å². The van der Waals surface area contributed by atoms with Crippen molar-refractivity contribution in [3.63, 3.8) is 0 Å². The fourth-order valence-corrected chi connectivity index (χ4v) is 3.24. The van der Waals surface area contributed by atoms with Gasteiger partial charge in [-0.15, -0.1) is 0 Å². The number of carbonyl (C=O) groups is 1. The third-order valence-corrected chi connectivity index (χ3v) is 4.49. The van der Waals surface area contributed by atoms with Gasteiger partial charge in [0.2, 0.25) is 0 Å². The van der Waals surface area contributed by atoms with Crippen molar-refractivity contribution in [2.45, 2.75) is 40.2 Å². The molecule has 0 unspecified atom stereocenters. The second-order valence-corrected chi connectivity index (χ2v) is 6.67. The largest absolute Gasteiger partial charge is 0.338 e. The number of benzene rings is 1. The van der Waals surface area contributed by atoms with Crippen LogP contribution in [0.25, 0.3) is 11.0 Å². The first-order valence-electron chi connectivity index (χ1n) is 9.13. The zero-order valence-corrected chi connectivity index (χ0v) is 15.7. The molecule has 0 bridgehead atoms. The number of anilines is 1. The molecule has 0 atom stereocenters. The lowest BCUT2D eigenvalue weighted by molar-refractivity contribution is 0.252. The number of nitrogens with one attached hydrogen (secondary N) is 2. The number of pyridine rings is 1. The maximum absolute atomic E-state index is 12.2. The van der Waals surface area contributed by atoms with E-state index in [1.54, 1.807) is 0 Å². The third kappa shape index (κ3) is 4.04. The Bertz CT molecular complexity index is 914. The molecule has 0 spiro atoms. The number of urea groups is 1. The van der Waals surface area contributed by atoms with Crippen molar-refractivity contribution < 1.29 is 4.79 Å². The van der Waals surface area contributed by atoms with Gasteiger partial charge < -0.3 is 15.2 Å². The molecule has 0 aliphatic rings. The number of hydrogen-bond donors (Lipinski definition) is 2. The normalized spacial score (nSPS) is 10.9. The molecule has 3 rings (SSSR count). The highest BCUT2D eigenvalue weighted by molar-refractivity contribution is 5.90. The van der Waals surface area contributed by atoms with Crippen LogP contribution in [0.5, 0.6) is 0 Å². The zero-order valence-electron chi connectivity index (χ0n) is 15.7. The van der Waals surface area contributed by atoms with Gasteiger partial charge in [0.1, 0.15) is 5.65 Å². The monoisotopic (exact) mass is 350 g/mol. The second-order valence-electron chi connectivity index (χ2n) is 6.67. The summed E-state index contributed by atoms with van der Waals surface area (Å²) in [5, 5.41) is 7.03. The summed E-state index contributed by atoms with van der Waals surface area (Å²) in [4.78, 5) is 16.7. The van der Waals surface area contributed by atoms with Gasteiger partial charge in [0.15, 0.2) is 0 Å². The number of amides is 2. The van der Waals surface area contributed by atoms with E-state index in [0.717, 1.165) is 41.7 Å². The van der Waals surface area contributed by atoms with E-state index in [-0.39, 0.29) is 6.03 Å². The van der Waals surface area contributed by atoms with Crippen LogP contribution in [0.15, 0.2) is 42.7 Å². The van der Waals surface area contributed by atoms with Crippen LogP contribution in [0.3, 0.4) is 0 Å². The first kappa shape index (κ1) is 18.0. The van der Waals surface area contributed by atoms with Crippen LogP contribution >= 0.6 is 0 Å².